The first-order valence-electron chi connectivity index (χ1n) is 11.9. The minimum atomic E-state index is -4.25. The molecule has 0 bridgehead atoms. The topological polar surface area (TPSA) is 158 Å². The standard InChI is InChI=1S/C24H33ClN3O9P/c1-15(20(31)34-14-23(2,3)4)27-38(33,37-16-9-7-6-8-10-16)35-13-17-19(30)24(5,25)21(36-17)28-12-11-18(29)26-22(28)32/h6-12,15,17,19,21,30H,13-14H2,1-5H3,(H,27,33)(H,26,29,32)/t15-,17+,19+,21+,24+,38+/m0/s1. The number of aliphatic hydroxyl groups excluding tert-OH is 1. The lowest BCUT2D eigenvalue weighted by Crippen LogP contribution is -2.43. The minimum Gasteiger partial charge on any atom is -0.464 e. The monoisotopic (exact) mass is 573 g/mol. The summed E-state index contributed by atoms with van der Waals surface area (Å²) in [6.45, 7) is 8.26. The summed E-state index contributed by atoms with van der Waals surface area (Å²) in [6.07, 6.45) is -2.53. The Morgan fingerprint density at radius 2 is 1.95 bits per heavy atom. The van der Waals surface area contributed by atoms with E-state index in [1.54, 1.807) is 30.3 Å². The molecule has 3 rings (SSSR count). The first kappa shape index (κ1) is 30.1. The molecule has 0 spiro atoms. The smallest absolute Gasteiger partial charge is 0.459 e. The second-order valence-corrected chi connectivity index (χ2v) is 12.9. The molecular formula is C24H33ClN3O9P. The number of benzene rings is 1. The number of halogens is 1. The molecular weight excluding hydrogens is 541 g/mol. The molecule has 6 atom stereocenters. The zero-order chi connectivity index (χ0) is 28.3. The highest BCUT2D eigenvalue weighted by Gasteiger charge is 2.54. The van der Waals surface area contributed by atoms with Gasteiger partial charge in [-0.25, -0.2) is 9.36 Å². The van der Waals surface area contributed by atoms with Crippen molar-refractivity contribution in [2.75, 3.05) is 13.2 Å². The number of hydrogen-bond acceptors (Lipinski definition) is 9. The first-order chi connectivity index (χ1) is 17.6. The molecule has 3 N–H and O–H groups in total. The van der Waals surface area contributed by atoms with Crippen LogP contribution in [-0.4, -0.2) is 57.0 Å². The number of alkyl halides is 1. The van der Waals surface area contributed by atoms with E-state index in [9.17, 15) is 24.1 Å². The molecule has 0 unspecified atom stereocenters. The molecule has 210 valence electrons. The van der Waals surface area contributed by atoms with Crippen LogP contribution in [0.4, 0.5) is 0 Å². The van der Waals surface area contributed by atoms with Crippen molar-refractivity contribution in [1.29, 1.82) is 0 Å². The van der Waals surface area contributed by atoms with Crippen molar-refractivity contribution >= 4 is 25.3 Å². The van der Waals surface area contributed by atoms with Crippen LogP contribution in [-0.2, 0) is 23.4 Å². The predicted molar refractivity (Wildman–Crippen MR) is 139 cm³/mol. The first-order valence-corrected chi connectivity index (χ1v) is 13.8. The minimum absolute atomic E-state index is 0.143. The number of aromatic nitrogens is 2. The molecule has 12 nitrogen and oxygen atoms in total. The molecule has 0 saturated carbocycles. The third-order valence-corrected chi connectivity index (χ3v) is 7.61. The van der Waals surface area contributed by atoms with E-state index in [1.165, 1.54) is 20.0 Å². The summed E-state index contributed by atoms with van der Waals surface area (Å²) in [5, 5.41) is 13.4. The fourth-order valence-electron chi connectivity index (χ4n) is 3.55. The van der Waals surface area contributed by atoms with E-state index in [0.717, 1.165) is 10.6 Å². The van der Waals surface area contributed by atoms with Crippen molar-refractivity contribution < 1.29 is 33.0 Å². The molecule has 14 heteroatoms. The van der Waals surface area contributed by atoms with Crippen LogP contribution in [0.3, 0.4) is 0 Å². The van der Waals surface area contributed by atoms with Crippen LogP contribution in [0.2, 0.25) is 0 Å². The second kappa shape index (κ2) is 11.7. The lowest BCUT2D eigenvalue weighted by atomic mass is 9.99. The molecule has 2 aromatic rings. The van der Waals surface area contributed by atoms with Crippen molar-refractivity contribution in [3.05, 3.63) is 63.4 Å². The molecule has 1 aliphatic rings. The Bertz CT molecular complexity index is 1280. The number of carbonyl (C=O) groups is 1. The van der Waals surface area contributed by atoms with Gasteiger partial charge in [-0.05, 0) is 31.4 Å². The van der Waals surface area contributed by atoms with Crippen molar-refractivity contribution in [2.24, 2.45) is 5.41 Å². The van der Waals surface area contributed by atoms with Gasteiger partial charge in [-0.3, -0.25) is 23.7 Å². The number of H-pyrrole nitrogens is 1. The van der Waals surface area contributed by atoms with Crippen molar-refractivity contribution in [3.63, 3.8) is 0 Å². The van der Waals surface area contributed by atoms with Crippen LogP contribution in [0, 0.1) is 5.41 Å². The fourth-order valence-corrected chi connectivity index (χ4v) is 5.35. The highest BCUT2D eigenvalue weighted by molar-refractivity contribution is 7.52. The molecule has 0 aliphatic carbocycles. The summed E-state index contributed by atoms with van der Waals surface area (Å²) in [7, 11) is -4.25. The van der Waals surface area contributed by atoms with Gasteiger partial charge in [0, 0.05) is 12.3 Å². The zero-order valence-electron chi connectivity index (χ0n) is 21.8. The van der Waals surface area contributed by atoms with Crippen LogP contribution >= 0.6 is 19.3 Å². The van der Waals surface area contributed by atoms with Gasteiger partial charge in [0.15, 0.2) is 6.23 Å². The van der Waals surface area contributed by atoms with Gasteiger partial charge >= 0.3 is 19.4 Å². The molecule has 1 saturated heterocycles. The lowest BCUT2D eigenvalue weighted by Gasteiger charge is -2.26. The van der Waals surface area contributed by atoms with Crippen molar-refractivity contribution in [3.8, 4) is 5.75 Å². The number of hydrogen-bond donors (Lipinski definition) is 3. The number of ether oxygens (including phenoxy) is 2. The maximum atomic E-state index is 13.7. The largest absolute Gasteiger partial charge is 0.464 e. The van der Waals surface area contributed by atoms with E-state index in [2.05, 4.69) is 10.1 Å². The second-order valence-electron chi connectivity index (χ2n) is 10.4. The number of aromatic amines is 1. The summed E-state index contributed by atoms with van der Waals surface area (Å²) in [5.41, 5.74) is -1.67. The van der Waals surface area contributed by atoms with Gasteiger partial charge in [0.2, 0.25) is 0 Å². The van der Waals surface area contributed by atoms with Gasteiger partial charge in [0.05, 0.1) is 13.2 Å². The fraction of sp³-hybridized carbons (Fsp3) is 0.542. The quantitative estimate of drug-likeness (QED) is 0.219. The number of aliphatic hydroxyl groups is 1. The van der Waals surface area contributed by atoms with E-state index in [1.807, 2.05) is 20.8 Å². The average Bonchev–Trinajstić information content (AvgIpc) is 3.04. The number of nitrogens with one attached hydrogen (secondary N) is 2. The Morgan fingerprint density at radius 1 is 1.29 bits per heavy atom. The van der Waals surface area contributed by atoms with E-state index >= 15 is 0 Å². The average molecular weight is 574 g/mol. The van der Waals surface area contributed by atoms with Crippen LogP contribution in [0.5, 0.6) is 5.75 Å². The van der Waals surface area contributed by atoms with E-state index in [-0.39, 0.29) is 17.8 Å². The SMILES string of the molecule is C[C@H](N[P@@](=O)(OC[C@H]1O[C@@H](n2ccc(=O)[nH]c2=O)[C@](C)(Cl)[C@@H]1O)Oc1ccccc1)C(=O)OCC(C)(C)C. The number of nitrogens with zero attached hydrogens (tertiary/aromatic N) is 1. The van der Waals surface area contributed by atoms with Crippen LogP contribution < -0.4 is 20.9 Å². The highest BCUT2D eigenvalue weighted by Crippen LogP contribution is 2.48. The summed E-state index contributed by atoms with van der Waals surface area (Å²) in [5.74, 6) is -0.463. The van der Waals surface area contributed by atoms with Crippen molar-refractivity contribution in [2.45, 2.75) is 64.0 Å². The maximum absolute atomic E-state index is 13.7. The highest BCUT2D eigenvalue weighted by atomic mass is 35.5. The van der Waals surface area contributed by atoms with E-state index in [4.69, 9.17) is 30.1 Å². The summed E-state index contributed by atoms with van der Waals surface area (Å²) >= 11 is 6.54. The molecule has 0 amide bonds. The molecule has 1 aliphatic heterocycles. The number of rotatable bonds is 10. The van der Waals surface area contributed by atoms with Gasteiger partial charge in [0.25, 0.3) is 5.56 Å². The third kappa shape index (κ3) is 7.56. The molecule has 1 aromatic carbocycles. The van der Waals surface area contributed by atoms with Crippen LogP contribution in [0.1, 0.15) is 40.8 Å². The summed E-state index contributed by atoms with van der Waals surface area (Å²) in [4.78, 5) is 36.8. The van der Waals surface area contributed by atoms with Gasteiger partial charge in [-0.1, -0.05) is 39.0 Å². The van der Waals surface area contributed by atoms with Crippen molar-refractivity contribution in [1.82, 2.24) is 14.6 Å². The summed E-state index contributed by atoms with van der Waals surface area (Å²) in [6, 6.07) is 8.20. The molecule has 1 fully saturated rings. The van der Waals surface area contributed by atoms with Crippen LogP contribution in [0.25, 0.3) is 0 Å². The van der Waals surface area contributed by atoms with Gasteiger partial charge in [0.1, 0.15) is 28.9 Å². The Balaban J connectivity index is 1.78. The van der Waals surface area contributed by atoms with Gasteiger partial charge in [-0.2, -0.15) is 5.09 Å². The lowest BCUT2D eigenvalue weighted by molar-refractivity contribution is -0.148. The third-order valence-electron chi connectivity index (χ3n) is 5.55. The van der Waals surface area contributed by atoms with Gasteiger partial charge in [-0.15, -0.1) is 11.6 Å². The Kier molecular flexibility index (Phi) is 9.28. The number of carbonyl (C=O) groups excluding carboxylic acids is 1. The normalized spacial score (nSPS) is 25.9. The zero-order valence-corrected chi connectivity index (χ0v) is 23.4. The summed E-state index contributed by atoms with van der Waals surface area (Å²) < 4.78 is 37.1. The van der Waals surface area contributed by atoms with Gasteiger partial charge < -0.3 is 19.1 Å². The predicted octanol–water partition coefficient (Wildman–Crippen LogP) is 2.56. The molecule has 1 aromatic heterocycles. The number of esters is 1. The maximum Gasteiger partial charge on any atom is 0.459 e. The van der Waals surface area contributed by atoms with Crippen LogP contribution in [0.15, 0.2) is 52.2 Å². The van der Waals surface area contributed by atoms with E-state index < -0.39 is 60.9 Å². The Hall–Kier alpha value is -2.47. The Morgan fingerprint density at radius 3 is 2.55 bits per heavy atom. The Labute approximate surface area is 224 Å². The molecule has 38 heavy (non-hydrogen) atoms. The number of para-hydroxylation sites is 1. The molecule has 0 radical (unpaired) electrons. The van der Waals surface area contributed by atoms with E-state index in [0.29, 0.717) is 0 Å². The molecule has 2 heterocycles.